The van der Waals surface area contributed by atoms with E-state index in [1.54, 1.807) is 7.05 Å². The van der Waals surface area contributed by atoms with E-state index in [4.69, 9.17) is 0 Å². The Hall–Kier alpha value is -2.08. The van der Waals surface area contributed by atoms with Crippen molar-refractivity contribution in [2.75, 3.05) is 33.2 Å². The van der Waals surface area contributed by atoms with Crippen LogP contribution in [-0.4, -0.2) is 56.0 Å². The fraction of sp³-hybridized carbons (Fsp3) is 0.636. The van der Waals surface area contributed by atoms with Crippen molar-refractivity contribution >= 4 is 11.9 Å². The minimum atomic E-state index is -0.484. The van der Waals surface area contributed by atoms with Crippen LogP contribution in [0.1, 0.15) is 52.1 Å². The third-order valence-corrected chi connectivity index (χ3v) is 5.57. The first kappa shape index (κ1) is 22.2. The summed E-state index contributed by atoms with van der Waals surface area (Å²) >= 11 is 0. The molecule has 0 saturated carbocycles. The van der Waals surface area contributed by atoms with Crippen LogP contribution in [0.25, 0.3) is 0 Å². The Morgan fingerprint density at radius 3 is 2.43 bits per heavy atom. The van der Waals surface area contributed by atoms with Crippen molar-refractivity contribution in [3.8, 4) is 0 Å². The van der Waals surface area contributed by atoms with Gasteiger partial charge in [0.05, 0.1) is 5.41 Å². The molecule has 1 fully saturated rings. The molecular formula is C22H37N5O. The van der Waals surface area contributed by atoms with Gasteiger partial charge in [-0.05, 0) is 46.1 Å². The van der Waals surface area contributed by atoms with Crippen LogP contribution in [0.5, 0.6) is 0 Å². The third-order valence-electron chi connectivity index (χ3n) is 5.57. The van der Waals surface area contributed by atoms with Gasteiger partial charge in [-0.15, -0.1) is 0 Å². The highest BCUT2D eigenvalue weighted by Crippen LogP contribution is 2.24. The number of aliphatic imine (C=N–C) groups is 1. The summed E-state index contributed by atoms with van der Waals surface area (Å²) in [5, 5.41) is 9.74. The molecule has 1 heterocycles. The second-order valence-corrected chi connectivity index (χ2v) is 8.21. The maximum absolute atomic E-state index is 12.2. The number of amides is 1. The molecule has 0 aromatic heterocycles. The van der Waals surface area contributed by atoms with Crippen LogP contribution in [0.3, 0.4) is 0 Å². The molecule has 156 valence electrons. The molecule has 2 rings (SSSR count). The van der Waals surface area contributed by atoms with Crippen molar-refractivity contribution < 1.29 is 4.79 Å². The SMILES string of the molecule is CCNC(=O)C(C)(C)CNC(=NC)NC1CCN(C(C)c2ccccc2)CC1. The lowest BCUT2D eigenvalue weighted by Gasteiger charge is -2.37. The molecule has 1 atom stereocenters. The number of hydrogen-bond acceptors (Lipinski definition) is 3. The molecule has 0 bridgehead atoms. The smallest absolute Gasteiger partial charge is 0.227 e. The fourth-order valence-corrected chi connectivity index (χ4v) is 3.55. The van der Waals surface area contributed by atoms with Gasteiger partial charge in [-0.3, -0.25) is 14.7 Å². The molecule has 1 saturated heterocycles. The van der Waals surface area contributed by atoms with Crippen molar-refractivity contribution in [3.05, 3.63) is 35.9 Å². The Kier molecular flexibility index (Phi) is 8.30. The standard InChI is InChI=1S/C22H37N5O/c1-6-24-20(28)22(3,4)16-25-21(23-5)26-19-12-14-27(15-13-19)17(2)18-10-8-7-9-11-18/h7-11,17,19H,6,12-16H2,1-5H3,(H,24,28)(H2,23,25,26). The summed E-state index contributed by atoms with van der Waals surface area (Å²) in [7, 11) is 1.78. The highest BCUT2D eigenvalue weighted by Gasteiger charge is 2.28. The Balaban J connectivity index is 1.80. The number of hydrogen-bond donors (Lipinski definition) is 3. The van der Waals surface area contributed by atoms with E-state index in [0.29, 0.717) is 25.2 Å². The average Bonchev–Trinajstić information content (AvgIpc) is 2.72. The monoisotopic (exact) mass is 387 g/mol. The van der Waals surface area contributed by atoms with Gasteiger partial charge in [-0.2, -0.15) is 0 Å². The lowest BCUT2D eigenvalue weighted by atomic mass is 9.92. The number of nitrogens with zero attached hydrogens (tertiary/aromatic N) is 2. The van der Waals surface area contributed by atoms with Crippen molar-refractivity contribution in [1.82, 2.24) is 20.9 Å². The van der Waals surface area contributed by atoms with Crippen molar-refractivity contribution in [2.45, 2.75) is 52.6 Å². The Morgan fingerprint density at radius 2 is 1.86 bits per heavy atom. The van der Waals surface area contributed by atoms with E-state index in [9.17, 15) is 4.79 Å². The predicted molar refractivity (Wildman–Crippen MR) is 116 cm³/mol. The summed E-state index contributed by atoms with van der Waals surface area (Å²) in [4.78, 5) is 19.0. The van der Waals surface area contributed by atoms with Gasteiger partial charge in [-0.1, -0.05) is 30.3 Å². The average molecular weight is 388 g/mol. The normalized spacial score (nSPS) is 17.8. The minimum absolute atomic E-state index is 0.0566. The lowest BCUT2D eigenvalue weighted by molar-refractivity contribution is -0.128. The maximum Gasteiger partial charge on any atom is 0.227 e. The highest BCUT2D eigenvalue weighted by atomic mass is 16.2. The van der Waals surface area contributed by atoms with E-state index in [1.165, 1.54) is 5.56 Å². The van der Waals surface area contributed by atoms with Gasteiger partial charge in [0.15, 0.2) is 5.96 Å². The molecule has 0 aliphatic carbocycles. The van der Waals surface area contributed by atoms with E-state index in [2.05, 4.69) is 63.1 Å². The number of piperidine rings is 1. The molecular weight excluding hydrogens is 350 g/mol. The van der Waals surface area contributed by atoms with Crippen molar-refractivity contribution in [1.29, 1.82) is 0 Å². The van der Waals surface area contributed by atoms with Crippen LogP contribution in [0, 0.1) is 5.41 Å². The first-order chi connectivity index (χ1) is 13.4. The third kappa shape index (κ3) is 6.23. The van der Waals surface area contributed by atoms with Crippen LogP contribution in [-0.2, 0) is 4.79 Å². The zero-order chi connectivity index (χ0) is 20.6. The number of carbonyl (C=O) groups excluding carboxylic acids is 1. The van der Waals surface area contributed by atoms with E-state index in [0.717, 1.165) is 31.9 Å². The van der Waals surface area contributed by atoms with Gasteiger partial charge in [-0.25, -0.2) is 0 Å². The molecule has 1 unspecified atom stereocenters. The van der Waals surface area contributed by atoms with Gasteiger partial charge >= 0.3 is 0 Å². The lowest BCUT2D eigenvalue weighted by Crippen LogP contribution is -2.52. The second kappa shape index (κ2) is 10.5. The number of likely N-dealkylation sites (tertiary alicyclic amines) is 1. The first-order valence-electron chi connectivity index (χ1n) is 10.4. The number of guanidine groups is 1. The zero-order valence-corrected chi connectivity index (χ0v) is 18.1. The van der Waals surface area contributed by atoms with Gasteiger partial charge in [0, 0.05) is 45.3 Å². The first-order valence-corrected chi connectivity index (χ1v) is 10.4. The molecule has 3 N–H and O–H groups in total. The van der Waals surface area contributed by atoms with Gasteiger partial charge in [0.1, 0.15) is 0 Å². The summed E-state index contributed by atoms with van der Waals surface area (Å²) in [6.45, 7) is 11.4. The van der Waals surface area contributed by atoms with Crippen LogP contribution >= 0.6 is 0 Å². The van der Waals surface area contributed by atoms with E-state index < -0.39 is 5.41 Å². The molecule has 6 heteroatoms. The summed E-state index contributed by atoms with van der Waals surface area (Å²) in [6.07, 6.45) is 2.16. The number of nitrogens with one attached hydrogen (secondary N) is 3. The molecule has 1 aromatic rings. The highest BCUT2D eigenvalue weighted by molar-refractivity contribution is 5.84. The van der Waals surface area contributed by atoms with Crippen molar-refractivity contribution in [3.63, 3.8) is 0 Å². The largest absolute Gasteiger partial charge is 0.356 e. The summed E-state index contributed by atoms with van der Waals surface area (Å²) in [5.74, 6) is 0.827. The van der Waals surface area contributed by atoms with Gasteiger partial charge in [0.25, 0.3) is 0 Å². The van der Waals surface area contributed by atoms with E-state index in [1.807, 2.05) is 20.8 Å². The van der Waals surface area contributed by atoms with Crippen LogP contribution < -0.4 is 16.0 Å². The molecule has 0 spiro atoms. The minimum Gasteiger partial charge on any atom is -0.356 e. The molecule has 1 aliphatic rings. The number of carbonyl (C=O) groups is 1. The second-order valence-electron chi connectivity index (χ2n) is 8.21. The summed E-state index contributed by atoms with van der Waals surface area (Å²) < 4.78 is 0. The fourth-order valence-electron chi connectivity index (χ4n) is 3.55. The van der Waals surface area contributed by atoms with E-state index >= 15 is 0 Å². The predicted octanol–water partition coefficient (Wildman–Crippen LogP) is 2.54. The molecule has 1 aromatic carbocycles. The molecule has 28 heavy (non-hydrogen) atoms. The van der Waals surface area contributed by atoms with Crippen molar-refractivity contribution in [2.24, 2.45) is 10.4 Å². The topological polar surface area (TPSA) is 68.8 Å². The quantitative estimate of drug-likeness (QED) is 0.497. The Bertz CT molecular complexity index is 636. The number of benzene rings is 1. The summed E-state index contributed by atoms with van der Waals surface area (Å²) in [6, 6.07) is 11.5. The van der Waals surface area contributed by atoms with Crippen LogP contribution in [0.2, 0.25) is 0 Å². The van der Waals surface area contributed by atoms with Crippen LogP contribution in [0.15, 0.2) is 35.3 Å². The maximum atomic E-state index is 12.2. The van der Waals surface area contributed by atoms with Gasteiger partial charge < -0.3 is 16.0 Å². The molecule has 1 amide bonds. The molecule has 0 radical (unpaired) electrons. The Labute approximate surface area is 170 Å². The molecule has 6 nitrogen and oxygen atoms in total. The van der Waals surface area contributed by atoms with E-state index in [-0.39, 0.29) is 5.91 Å². The van der Waals surface area contributed by atoms with Crippen LogP contribution in [0.4, 0.5) is 0 Å². The summed E-state index contributed by atoms with van der Waals surface area (Å²) in [5.41, 5.74) is 0.890. The zero-order valence-electron chi connectivity index (χ0n) is 18.1. The molecule has 1 aliphatic heterocycles. The Morgan fingerprint density at radius 1 is 1.21 bits per heavy atom. The van der Waals surface area contributed by atoms with Gasteiger partial charge in [0.2, 0.25) is 5.91 Å². The number of rotatable bonds is 7.